The molecule has 2 N–H and O–H groups in total. The molecule has 0 bridgehead atoms. The van der Waals surface area contributed by atoms with Crippen LogP contribution in [0.5, 0.6) is 0 Å². The topological polar surface area (TPSA) is 75.6 Å². The molecule has 0 saturated heterocycles. The van der Waals surface area contributed by atoms with Gasteiger partial charge in [0.2, 0.25) is 10.0 Å². The lowest BCUT2D eigenvalue weighted by Crippen LogP contribution is -2.20. The number of sulfonamides is 1. The first-order valence-electron chi connectivity index (χ1n) is 5.85. The molecule has 1 aromatic rings. The van der Waals surface area contributed by atoms with Crippen molar-refractivity contribution in [3.63, 3.8) is 0 Å². The molecule has 0 saturated carbocycles. The number of hydrogen-bond acceptors (Lipinski definition) is 4. The first-order chi connectivity index (χ1) is 9.07. The van der Waals surface area contributed by atoms with E-state index in [-0.39, 0.29) is 19.0 Å². The van der Waals surface area contributed by atoms with Crippen LogP contribution >= 0.6 is 0 Å². The van der Waals surface area contributed by atoms with Crippen LogP contribution in [0.15, 0.2) is 24.3 Å². The van der Waals surface area contributed by atoms with Crippen molar-refractivity contribution in [3.05, 3.63) is 29.8 Å². The number of aliphatic hydroxyl groups is 1. The van der Waals surface area contributed by atoms with Crippen molar-refractivity contribution in [1.29, 1.82) is 0 Å². The molecular weight excluding hydrogens is 266 g/mol. The number of nitrogens with one attached hydrogen (secondary N) is 1. The van der Waals surface area contributed by atoms with Crippen molar-refractivity contribution >= 4 is 15.7 Å². The largest absolute Gasteiger partial charge is 0.384 e. The Morgan fingerprint density at radius 3 is 2.89 bits per heavy atom. The average Bonchev–Trinajstić information content (AvgIpc) is 2.36. The molecule has 0 unspecified atom stereocenters. The number of aliphatic hydroxyl groups excluding tert-OH is 1. The van der Waals surface area contributed by atoms with E-state index in [0.29, 0.717) is 17.9 Å². The molecule has 0 aromatic heterocycles. The summed E-state index contributed by atoms with van der Waals surface area (Å²) < 4.78 is 30.9. The van der Waals surface area contributed by atoms with Crippen molar-refractivity contribution < 1.29 is 18.3 Å². The van der Waals surface area contributed by atoms with Crippen LogP contribution in [0.1, 0.15) is 12.5 Å². The molecule has 5 nitrogen and oxygen atoms in total. The van der Waals surface area contributed by atoms with Crippen LogP contribution < -0.4 is 4.72 Å². The van der Waals surface area contributed by atoms with E-state index < -0.39 is 10.0 Å². The molecule has 19 heavy (non-hydrogen) atoms. The zero-order chi connectivity index (χ0) is 14.1. The van der Waals surface area contributed by atoms with Crippen molar-refractivity contribution in [2.24, 2.45) is 0 Å². The second kappa shape index (κ2) is 7.79. The fourth-order valence-electron chi connectivity index (χ4n) is 1.35. The van der Waals surface area contributed by atoms with E-state index in [1.807, 2.05) is 6.92 Å². The molecule has 0 atom stereocenters. The normalized spacial score (nSPS) is 10.6. The standard InChI is InChI=1S/C13H17NO4S/c1-2-18-9-10-19(16,17)14-13-7-3-5-12(11-13)6-4-8-15/h3,5,7,11,14-15H,2,8-10H2,1H3. The molecule has 0 fully saturated rings. The molecular formula is C13H17NO4S. The van der Waals surface area contributed by atoms with E-state index in [2.05, 4.69) is 16.6 Å². The predicted molar refractivity (Wildman–Crippen MR) is 74.3 cm³/mol. The van der Waals surface area contributed by atoms with Crippen molar-refractivity contribution in [2.45, 2.75) is 6.92 Å². The van der Waals surface area contributed by atoms with Crippen molar-refractivity contribution in [3.8, 4) is 11.8 Å². The van der Waals surface area contributed by atoms with Crippen LogP contribution in [0.2, 0.25) is 0 Å². The lowest BCUT2D eigenvalue weighted by molar-refractivity contribution is 0.163. The average molecular weight is 283 g/mol. The highest BCUT2D eigenvalue weighted by Crippen LogP contribution is 2.11. The molecule has 0 aliphatic carbocycles. The fourth-order valence-corrected chi connectivity index (χ4v) is 2.27. The summed E-state index contributed by atoms with van der Waals surface area (Å²) in [6.45, 7) is 2.23. The quantitative estimate of drug-likeness (QED) is 0.598. The highest BCUT2D eigenvalue weighted by molar-refractivity contribution is 7.92. The Kier molecular flexibility index (Phi) is 6.36. The maximum absolute atomic E-state index is 11.7. The summed E-state index contributed by atoms with van der Waals surface area (Å²) in [6.07, 6.45) is 0. The number of ether oxygens (including phenoxy) is 1. The summed E-state index contributed by atoms with van der Waals surface area (Å²) in [5, 5.41) is 8.60. The fraction of sp³-hybridized carbons (Fsp3) is 0.385. The third-order valence-electron chi connectivity index (χ3n) is 2.15. The summed E-state index contributed by atoms with van der Waals surface area (Å²) in [4.78, 5) is 0. The Hall–Kier alpha value is -1.55. The van der Waals surface area contributed by atoms with Gasteiger partial charge in [-0.3, -0.25) is 4.72 Å². The van der Waals surface area contributed by atoms with Crippen LogP contribution in [0, 0.1) is 11.8 Å². The summed E-state index contributed by atoms with van der Waals surface area (Å²) >= 11 is 0. The van der Waals surface area contributed by atoms with Gasteiger partial charge in [-0.2, -0.15) is 0 Å². The summed E-state index contributed by atoms with van der Waals surface area (Å²) in [7, 11) is -3.42. The van der Waals surface area contributed by atoms with Gasteiger partial charge < -0.3 is 9.84 Å². The SMILES string of the molecule is CCOCCS(=O)(=O)Nc1cccc(C#CCO)c1. The number of anilines is 1. The van der Waals surface area contributed by atoms with Crippen molar-refractivity contribution in [1.82, 2.24) is 0 Å². The van der Waals surface area contributed by atoms with Gasteiger partial charge in [-0.05, 0) is 25.1 Å². The second-order valence-electron chi connectivity index (χ2n) is 3.66. The van der Waals surface area contributed by atoms with Crippen LogP contribution in [-0.2, 0) is 14.8 Å². The molecule has 0 radical (unpaired) electrons. The minimum atomic E-state index is -3.42. The second-order valence-corrected chi connectivity index (χ2v) is 5.50. The molecule has 6 heteroatoms. The van der Waals surface area contributed by atoms with Gasteiger partial charge >= 0.3 is 0 Å². The van der Waals surface area contributed by atoms with Gasteiger partial charge in [0.1, 0.15) is 6.61 Å². The highest BCUT2D eigenvalue weighted by atomic mass is 32.2. The zero-order valence-electron chi connectivity index (χ0n) is 10.7. The summed E-state index contributed by atoms with van der Waals surface area (Å²) in [5.41, 5.74) is 1.08. The smallest absolute Gasteiger partial charge is 0.235 e. The van der Waals surface area contributed by atoms with Gasteiger partial charge in [0, 0.05) is 17.9 Å². The van der Waals surface area contributed by atoms with E-state index in [1.165, 1.54) is 0 Å². The highest BCUT2D eigenvalue weighted by Gasteiger charge is 2.10. The van der Waals surface area contributed by atoms with E-state index in [4.69, 9.17) is 9.84 Å². The minimum absolute atomic E-state index is 0.0899. The number of hydrogen-bond donors (Lipinski definition) is 2. The third kappa shape index (κ3) is 6.25. The van der Waals surface area contributed by atoms with E-state index in [1.54, 1.807) is 24.3 Å². The summed E-state index contributed by atoms with van der Waals surface area (Å²) in [6, 6.07) is 6.69. The van der Waals surface area contributed by atoms with Gasteiger partial charge in [0.05, 0.1) is 12.4 Å². The Morgan fingerprint density at radius 1 is 1.42 bits per heavy atom. The Morgan fingerprint density at radius 2 is 2.21 bits per heavy atom. The minimum Gasteiger partial charge on any atom is -0.384 e. The van der Waals surface area contributed by atoms with Crippen LogP contribution in [0.3, 0.4) is 0 Å². The van der Waals surface area contributed by atoms with Gasteiger partial charge in [-0.1, -0.05) is 17.9 Å². The van der Waals surface area contributed by atoms with Gasteiger partial charge in [0.15, 0.2) is 0 Å². The van der Waals surface area contributed by atoms with Gasteiger partial charge in [-0.15, -0.1) is 0 Å². The lowest BCUT2D eigenvalue weighted by atomic mass is 10.2. The molecule has 0 aliphatic rings. The van der Waals surface area contributed by atoms with Gasteiger partial charge in [-0.25, -0.2) is 8.42 Å². The van der Waals surface area contributed by atoms with E-state index >= 15 is 0 Å². The number of rotatable bonds is 6. The molecule has 0 spiro atoms. The molecule has 104 valence electrons. The van der Waals surface area contributed by atoms with Crippen molar-refractivity contribution in [2.75, 3.05) is 30.3 Å². The van der Waals surface area contributed by atoms with Crippen LogP contribution in [-0.4, -0.2) is 39.1 Å². The first kappa shape index (κ1) is 15.5. The number of benzene rings is 1. The molecule has 0 amide bonds. The molecule has 0 aliphatic heterocycles. The molecule has 1 aromatic carbocycles. The van der Waals surface area contributed by atoms with Crippen LogP contribution in [0.25, 0.3) is 0 Å². The van der Waals surface area contributed by atoms with Gasteiger partial charge in [0.25, 0.3) is 0 Å². The maximum atomic E-state index is 11.7. The molecule has 0 heterocycles. The van der Waals surface area contributed by atoms with E-state index in [0.717, 1.165) is 0 Å². The summed E-state index contributed by atoms with van der Waals surface area (Å²) in [5.74, 6) is 5.13. The predicted octanol–water partition coefficient (Wildman–Crippen LogP) is 0.809. The Labute approximate surface area is 113 Å². The lowest BCUT2D eigenvalue weighted by Gasteiger charge is -2.08. The third-order valence-corrected chi connectivity index (χ3v) is 3.40. The zero-order valence-corrected chi connectivity index (χ0v) is 11.5. The molecule has 1 rings (SSSR count). The first-order valence-corrected chi connectivity index (χ1v) is 7.50. The maximum Gasteiger partial charge on any atom is 0.235 e. The monoisotopic (exact) mass is 283 g/mol. The Balaban J connectivity index is 2.71. The Bertz CT molecular complexity index is 557. The van der Waals surface area contributed by atoms with E-state index in [9.17, 15) is 8.42 Å². The van der Waals surface area contributed by atoms with Crippen LogP contribution in [0.4, 0.5) is 5.69 Å².